The number of aromatic nitrogens is 1. The van der Waals surface area contributed by atoms with Gasteiger partial charge in [0.25, 0.3) is 5.78 Å². The van der Waals surface area contributed by atoms with E-state index in [9.17, 15) is 19.8 Å². The van der Waals surface area contributed by atoms with Crippen LogP contribution < -0.4 is 14.4 Å². The number of phenols is 1. The molecule has 1 aliphatic rings. The quantitative estimate of drug-likeness (QED) is 0.166. The molecule has 8 nitrogen and oxygen atoms in total. The summed E-state index contributed by atoms with van der Waals surface area (Å²) >= 11 is 1.30. The molecule has 0 spiro atoms. The van der Waals surface area contributed by atoms with Crippen molar-refractivity contribution in [2.75, 3.05) is 18.6 Å². The number of Topliss-reactive ketones (excluding diaryl/α,β-unsaturated/α-hetero) is 1. The first kappa shape index (κ1) is 26.2. The van der Waals surface area contributed by atoms with Crippen molar-refractivity contribution in [3.63, 3.8) is 0 Å². The van der Waals surface area contributed by atoms with Gasteiger partial charge in [0.1, 0.15) is 11.5 Å². The lowest BCUT2D eigenvalue weighted by Gasteiger charge is -2.23. The van der Waals surface area contributed by atoms with Gasteiger partial charge in [-0.3, -0.25) is 14.5 Å². The second kappa shape index (κ2) is 10.4. The van der Waals surface area contributed by atoms with E-state index in [0.29, 0.717) is 28.6 Å². The highest BCUT2D eigenvalue weighted by Gasteiger charge is 2.48. The van der Waals surface area contributed by atoms with Crippen LogP contribution in [0.2, 0.25) is 0 Å². The van der Waals surface area contributed by atoms with Crippen LogP contribution in [0.5, 0.6) is 17.2 Å². The number of aryl methyl sites for hydroxylation is 2. The van der Waals surface area contributed by atoms with Gasteiger partial charge in [0.05, 0.1) is 35.5 Å². The number of carbonyl (C=O) groups excluding carboxylic acids is 2. The maximum atomic E-state index is 13.6. The summed E-state index contributed by atoms with van der Waals surface area (Å²) < 4.78 is 11.8. The molecule has 1 aromatic heterocycles. The van der Waals surface area contributed by atoms with Crippen molar-refractivity contribution in [2.45, 2.75) is 33.2 Å². The van der Waals surface area contributed by atoms with Gasteiger partial charge >= 0.3 is 5.91 Å². The van der Waals surface area contributed by atoms with E-state index in [1.807, 2.05) is 32.9 Å². The summed E-state index contributed by atoms with van der Waals surface area (Å²) in [6, 6.07) is 14.3. The lowest BCUT2D eigenvalue weighted by Crippen LogP contribution is -2.29. The van der Waals surface area contributed by atoms with Gasteiger partial charge in [0.2, 0.25) is 0 Å². The smallest absolute Gasteiger partial charge is 0.301 e. The van der Waals surface area contributed by atoms with E-state index in [4.69, 9.17) is 14.5 Å². The van der Waals surface area contributed by atoms with Crippen LogP contribution >= 0.6 is 11.3 Å². The second-order valence-electron chi connectivity index (χ2n) is 9.40. The number of aliphatic hydroxyl groups is 1. The van der Waals surface area contributed by atoms with Crippen LogP contribution in [0.1, 0.15) is 41.6 Å². The fourth-order valence-electron chi connectivity index (χ4n) is 4.76. The summed E-state index contributed by atoms with van der Waals surface area (Å²) in [6.45, 7) is 6.49. The SMILES string of the molecule is CCCOc1ccc(C(O)=C2C(=O)C(=O)N(c3nc4c(C)cc(C)cc4s3)C2c2ccc(O)c(OC)c2)cc1. The van der Waals surface area contributed by atoms with Crippen molar-refractivity contribution in [3.05, 3.63) is 82.4 Å². The Morgan fingerprint density at radius 3 is 2.51 bits per heavy atom. The van der Waals surface area contributed by atoms with Gasteiger partial charge in [-0.05, 0) is 79.4 Å². The van der Waals surface area contributed by atoms with Crippen LogP contribution in [0.15, 0.2) is 60.2 Å². The van der Waals surface area contributed by atoms with Gasteiger partial charge in [-0.25, -0.2) is 4.98 Å². The van der Waals surface area contributed by atoms with E-state index < -0.39 is 17.7 Å². The third kappa shape index (κ3) is 4.70. The predicted molar refractivity (Wildman–Crippen MR) is 151 cm³/mol. The minimum absolute atomic E-state index is 0.0814. The number of nitrogens with zero attached hydrogens (tertiary/aromatic N) is 2. The van der Waals surface area contributed by atoms with E-state index in [1.54, 1.807) is 36.4 Å². The third-order valence-corrected chi connectivity index (χ3v) is 7.59. The Bertz CT molecular complexity index is 1620. The van der Waals surface area contributed by atoms with Crippen LogP contribution in [-0.4, -0.2) is 40.6 Å². The maximum Gasteiger partial charge on any atom is 0.301 e. The van der Waals surface area contributed by atoms with Crippen LogP contribution in [-0.2, 0) is 9.59 Å². The number of hydrogen-bond donors (Lipinski definition) is 2. The van der Waals surface area contributed by atoms with Crippen LogP contribution in [0.3, 0.4) is 0 Å². The first-order valence-electron chi connectivity index (χ1n) is 12.5. The molecule has 1 amide bonds. The number of phenolic OH excluding ortho intramolecular Hbond substituents is 1. The van der Waals surface area contributed by atoms with Crippen molar-refractivity contribution in [3.8, 4) is 17.2 Å². The number of benzene rings is 3. The molecule has 200 valence electrons. The molecule has 1 atom stereocenters. The summed E-state index contributed by atoms with van der Waals surface area (Å²) in [5, 5.41) is 21.9. The molecule has 1 fully saturated rings. The molecule has 1 aliphatic heterocycles. The fraction of sp³-hybridized carbons (Fsp3) is 0.233. The van der Waals surface area contributed by atoms with Crippen LogP contribution in [0, 0.1) is 13.8 Å². The van der Waals surface area contributed by atoms with Crippen molar-refractivity contribution < 1.29 is 29.3 Å². The van der Waals surface area contributed by atoms with Gasteiger partial charge < -0.3 is 19.7 Å². The molecule has 4 aromatic rings. The van der Waals surface area contributed by atoms with Crippen molar-refractivity contribution in [2.24, 2.45) is 0 Å². The molecule has 2 N–H and O–H groups in total. The number of anilines is 1. The van der Waals surface area contributed by atoms with E-state index in [0.717, 1.165) is 27.8 Å². The Hall–Kier alpha value is -4.37. The van der Waals surface area contributed by atoms with Gasteiger partial charge in [-0.1, -0.05) is 30.4 Å². The summed E-state index contributed by atoms with van der Waals surface area (Å²) in [4.78, 5) is 33.1. The summed E-state index contributed by atoms with van der Waals surface area (Å²) in [5.41, 5.74) is 3.51. The summed E-state index contributed by atoms with van der Waals surface area (Å²) in [5.74, 6) is -1.23. The first-order chi connectivity index (χ1) is 18.7. The Labute approximate surface area is 229 Å². The van der Waals surface area contributed by atoms with E-state index >= 15 is 0 Å². The lowest BCUT2D eigenvalue weighted by molar-refractivity contribution is -0.132. The zero-order valence-electron chi connectivity index (χ0n) is 22.0. The molecular weight excluding hydrogens is 516 g/mol. The molecule has 1 unspecified atom stereocenters. The zero-order chi connectivity index (χ0) is 27.8. The number of ether oxygens (including phenoxy) is 2. The zero-order valence-corrected chi connectivity index (χ0v) is 22.8. The highest BCUT2D eigenvalue weighted by Crippen LogP contribution is 2.46. The molecule has 0 bridgehead atoms. The number of aliphatic hydroxyl groups excluding tert-OH is 1. The molecule has 0 saturated carbocycles. The van der Waals surface area contributed by atoms with Crippen molar-refractivity contribution in [1.82, 2.24) is 4.98 Å². The van der Waals surface area contributed by atoms with Crippen molar-refractivity contribution >= 4 is 44.1 Å². The van der Waals surface area contributed by atoms with Crippen LogP contribution in [0.4, 0.5) is 5.13 Å². The number of thiazole rings is 1. The Balaban J connectivity index is 1.69. The standard InChI is InChI=1S/C30H28N2O6S/c1-5-12-38-20-9-6-18(7-10-20)27(34)24-26(19-8-11-21(33)22(15-19)37-4)32(29(36)28(24)35)30-31-25-17(3)13-16(2)14-23(25)39-30/h6-11,13-15,26,33-34H,5,12H2,1-4H3. The molecular formula is C30H28N2O6S. The number of methoxy groups -OCH3 is 1. The van der Waals surface area contributed by atoms with E-state index in [1.165, 1.54) is 29.4 Å². The fourth-order valence-corrected chi connectivity index (χ4v) is 5.92. The number of carbonyl (C=O) groups is 2. The molecule has 2 heterocycles. The normalized spacial score (nSPS) is 16.7. The lowest BCUT2D eigenvalue weighted by atomic mass is 9.95. The van der Waals surface area contributed by atoms with Crippen LogP contribution in [0.25, 0.3) is 16.0 Å². The number of fused-ring (bicyclic) bond motifs is 1. The van der Waals surface area contributed by atoms with E-state index in [-0.39, 0.29) is 22.8 Å². The minimum Gasteiger partial charge on any atom is -0.507 e. The number of hydrogen-bond acceptors (Lipinski definition) is 8. The Kier molecular flexibility index (Phi) is 7.01. The van der Waals surface area contributed by atoms with Gasteiger partial charge in [0.15, 0.2) is 16.6 Å². The number of rotatable bonds is 7. The second-order valence-corrected chi connectivity index (χ2v) is 10.4. The van der Waals surface area contributed by atoms with E-state index in [2.05, 4.69) is 0 Å². The summed E-state index contributed by atoms with van der Waals surface area (Å²) in [6.07, 6.45) is 0.853. The topological polar surface area (TPSA) is 109 Å². The minimum atomic E-state index is -1.00. The largest absolute Gasteiger partial charge is 0.507 e. The molecule has 0 radical (unpaired) electrons. The molecule has 39 heavy (non-hydrogen) atoms. The van der Waals surface area contributed by atoms with Gasteiger partial charge in [-0.2, -0.15) is 0 Å². The first-order valence-corrected chi connectivity index (χ1v) is 13.3. The summed E-state index contributed by atoms with van der Waals surface area (Å²) in [7, 11) is 1.41. The number of amides is 1. The average Bonchev–Trinajstić information content (AvgIpc) is 3.46. The third-order valence-electron chi connectivity index (χ3n) is 6.59. The molecule has 1 saturated heterocycles. The van der Waals surface area contributed by atoms with Gasteiger partial charge in [0, 0.05) is 5.56 Å². The molecule has 9 heteroatoms. The predicted octanol–water partition coefficient (Wildman–Crippen LogP) is 6.04. The number of ketones is 1. The molecule has 3 aromatic carbocycles. The highest BCUT2D eigenvalue weighted by atomic mass is 32.1. The van der Waals surface area contributed by atoms with Crippen molar-refractivity contribution in [1.29, 1.82) is 0 Å². The molecule has 5 rings (SSSR count). The van der Waals surface area contributed by atoms with Gasteiger partial charge in [-0.15, -0.1) is 0 Å². The maximum absolute atomic E-state index is 13.6. The number of aromatic hydroxyl groups is 1. The monoisotopic (exact) mass is 544 g/mol. The highest BCUT2D eigenvalue weighted by molar-refractivity contribution is 7.22. The Morgan fingerprint density at radius 1 is 1.08 bits per heavy atom. The average molecular weight is 545 g/mol. The Morgan fingerprint density at radius 2 is 1.82 bits per heavy atom. The molecule has 0 aliphatic carbocycles.